The second-order valence-electron chi connectivity index (χ2n) is 15.8. The van der Waals surface area contributed by atoms with E-state index in [9.17, 15) is 0 Å². The third-order valence-corrected chi connectivity index (χ3v) is 11.6. The Morgan fingerprint density at radius 1 is 0.345 bits per heavy atom. The van der Waals surface area contributed by atoms with E-state index in [0.29, 0.717) is 0 Å². The molecule has 55 heavy (non-hydrogen) atoms. The number of nitrogens with zero attached hydrogens (tertiary/aromatic N) is 3. The van der Waals surface area contributed by atoms with Gasteiger partial charge in [-0.25, -0.2) is 0 Å². The van der Waals surface area contributed by atoms with Crippen molar-refractivity contribution in [1.29, 1.82) is 0 Å². The Labute approximate surface area is 319 Å². The van der Waals surface area contributed by atoms with Gasteiger partial charge in [0.1, 0.15) is 0 Å². The predicted molar refractivity (Wildman–Crippen MR) is 234 cm³/mol. The summed E-state index contributed by atoms with van der Waals surface area (Å²) < 4.78 is 7.34. The van der Waals surface area contributed by atoms with Gasteiger partial charge in [0, 0.05) is 49.3 Å². The first-order valence-electron chi connectivity index (χ1n) is 19.2. The second-order valence-corrected chi connectivity index (χ2v) is 15.8. The van der Waals surface area contributed by atoms with Crippen molar-refractivity contribution in [2.24, 2.45) is 0 Å². The van der Waals surface area contributed by atoms with Crippen LogP contribution in [-0.4, -0.2) is 13.7 Å². The highest BCUT2D eigenvalue weighted by atomic mass is 15.0. The Balaban J connectivity index is 1.21. The van der Waals surface area contributed by atoms with Gasteiger partial charge in [-0.3, -0.25) is 0 Å². The van der Waals surface area contributed by atoms with Crippen molar-refractivity contribution in [3.8, 4) is 28.2 Å². The molecule has 0 spiro atoms. The maximum Gasteiger partial charge on any atom is 0.0549 e. The van der Waals surface area contributed by atoms with Gasteiger partial charge < -0.3 is 13.7 Å². The highest BCUT2D eigenvalue weighted by Gasteiger charge is 2.24. The average Bonchev–Trinajstić information content (AvgIpc) is 3.86. The molecule has 0 unspecified atom stereocenters. The molecule has 0 aliphatic rings. The summed E-state index contributed by atoms with van der Waals surface area (Å²) in [6.45, 7) is 6.97. The zero-order valence-electron chi connectivity index (χ0n) is 31.2. The van der Waals surface area contributed by atoms with Crippen LogP contribution in [0, 0.1) is 0 Å². The lowest BCUT2D eigenvalue weighted by Crippen LogP contribution is -2.11. The van der Waals surface area contributed by atoms with Gasteiger partial charge in [-0.05, 0) is 89.3 Å². The van der Waals surface area contributed by atoms with Gasteiger partial charge in [0.05, 0.1) is 38.8 Å². The molecule has 0 saturated carbocycles. The zero-order valence-corrected chi connectivity index (χ0v) is 31.2. The van der Waals surface area contributed by atoms with Crippen LogP contribution in [0.4, 0.5) is 0 Å². The van der Waals surface area contributed by atoms with Crippen LogP contribution in [0.15, 0.2) is 182 Å². The summed E-state index contributed by atoms with van der Waals surface area (Å²) in [5.41, 5.74) is 14.5. The number of benzene rings is 8. The van der Waals surface area contributed by atoms with E-state index in [0.717, 1.165) is 0 Å². The Kier molecular flexibility index (Phi) is 6.81. The van der Waals surface area contributed by atoms with Crippen molar-refractivity contribution in [3.05, 3.63) is 188 Å². The van der Waals surface area contributed by atoms with Crippen LogP contribution in [0.25, 0.3) is 93.6 Å². The lowest BCUT2D eigenvalue weighted by Gasteiger charge is -2.20. The minimum Gasteiger partial charge on any atom is -0.309 e. The van der Waals surface area contributed by atoms with E-state index in [4.69, 9.17) is 0 Å². The summed E-state index contributed by atoms with van der Waals surface area (Å²) in [5, 5.41) is 7.68. The zero-order chi connectivity index (χ0) is 36.8. The van der Waals surface area contributed by atoms with Crippen LogP contribution >= 0.6 is 0 Å². The summed E-state index contributed by atoms with van der Waals surface area (Å²) in [6.07, 6.45) is 0. The Morgan fingerprint density at radius 3 is 1.45 bits per heavy atom. The van der Waals surface area contributed by atoms with Crippen LogP contribution in [0.5, 0.6) is 0 Å². The molecule has 0 aliphatic heterocycles. The van der Waals surface area contributed by atoms with Gasteiger partial charge >= 0.3 is 0 Å². The molecular formula is C52H39N3. The number of para-hydroxylation sites is 5. The molecule has 11 aromatic rings. The van der Waals surface area contributed by atoms with Crippen molar-refractivity contribution >= 4 is 65.4 Å². The molecule has 3 nitrogen and oxygen atoms in total. The van der Waals surface area contributed by atoms with Crippen LogP contribution < -0.4 is 0 Å². The summed E-state index contributed by atoms with van der Waals surface area (Å²) in [7, 11) is 0. The molecule has 0 radical (unpaired) electrons. The van der Waals surface area contributed by atoms with Crippen molar-refractivity contribution < 1.29 is 0 Å². The standard InChI is InChI=1S/C52H39N3/c1-52(2,3)41-24-16-28-46-49(41)40-33-34(29-30-45(40)54(46)36-19-8-5-9-20-36)37-21-10-13-25-42(37)55-44-27-15-12-23-39(44)51-48(55)32-31-47-50(51)38-22-11-14-26-43(38)53(47)35-17-6-4-7-18-35/h4-33H,1-3H3. The van der Waals surface area contributed by atoms with Gasteiger partial charge in [0.15, 0.2) is 0 Å². The quantitative estimate of drug-likeness (QED) is 0.173. The van der Waals surface area contributed by atoms with Crippen LogP contribution in [0.2, 0.25) is 0 Å². The van der Waals surface area contributed by atoms with Gasteiger partial charge in [0.25, 0.3) is 0 Å². The highest BCUT2D eigenvalue weighted by Crippen LogP contribution is 2.45. The van der Waals surface area contributed by atoms with Crippen LogP contribution in [0.3, 0.4) is 0 Å². The van der Waals surface area contributed by atoms with Crippen LogP contribution in [-0.2, 0) is 5.41 Å². The minimum atomic E-state index is -0.0266. The number of hydrogen-bond acceptors (Lipinski definition) is 0. The van der Waals surface area contributed by atoms with Crippen molar-refractivity contribution in [1.82, 2.24) is 13.7 Å². The largest absolute Gasteiger partial charge is 0.309 e. The smallest absolute Gasteiger partial charge is 0.0549 e. The SMILES string of the molecule is CC(C)(C)c1cccc2c1c1cc(-c3ccccc3-n3c4ccccc4c4c5c6ccccc6n(-c6ccccc6)c5ccc43)ccc1n2-c1ccccc1. The van der Waals surface area contributed by atoms with E-state index in [1.54, 1.807) is 0 Å². The number of hydrogen-bond donors (Lipinski definition) is 0. The Hall–Kier alpha value is -6.84. The van der Waals surface area contributed by atoms with E-state index < -0.39 is 0 Å². The summed E-state index contributed by atoms with van der Waals surface area (Å²) in [4.78, 5) is 0. The molecule has 0 amide bonds. The topological polar surface area (TPSA) is 14.8 Å². The molecule has 262 valence electrons. The fraction of sp³-hybridized carbons (Fsp3) is 0.0769. The number of aromatic nitrogens is 3. The van der Waals surface area contributed by atoms with Crippen LogP contribution in [0.1, 0.15) is 26.3 Å². The van der Waals surface area contributed by atoms with Crippen molar-refractivity contribution in [2.45, 2.75) is 26.2 Å². The van der Waals surface area contributed by atoms with E-state index >= 15 is 0 Å². The molecule has 0 saturated heterocycles. The molecule has 0 aliphatic carbocycles. The maximum absolute atomic E-state index is 2.49. The molecule has 3 aromatic heterocycles. The molecule has 0 atom stereocenters. The summed E-state index contributed by atoms with van der Waals surface area (Å²) >= 11 is 0. The Morgan fingerprint density at radius 2 is 0.818 bits per heavy atom. The summed E-state index contributed by atoms with van der Waals surface area (Å²) in [6, 6.07) is 66.7. The third kappa shape index (κ3) is 4.63. The number of rotatable bonds is 4. The third-order valence-electron chi connectivity index (χ3n) is 11.6. The molecule has 11 rings (SSSR count). The van der Waals surface area contributed by atoms with E-state index in [1.807, 2.05) is 0 Å². The second kappa shape index (κ2) is 11.8. The monoisotopic (exact) mass is 705 g/mol. The molecule has 3 heterocycles. The molecule has 0 N–H and O–H groups in total. The highest BCUT2D eigenvalue weighted by molar-refractivity contribution is 6.29. The van der Waals surface area contributed by atoms with Crippen molar-refractivity contribution in [2.75, 3.05) is 0 Å². The van der Waals surface area contributed by atoms with E-state index in [-0.39, 0.29) is 5.41 Å². The maximum atomic E-state index is 2.49. The summed E-state index contributed by atoms with van der Waals surface area (Å²) in [5.74, 6) is 0. The normalized spacial score (nSPS) is 12.3. The van der Waals surface area contributed by atoms with Gasteiger partial charge in [-0.15, -0.1) is 0 Å². The molecule has 0 fully saturated rings. The average molecular weight is 706 g/mol. The minimum absolute atomic E-state index is 0.0266. The van der Waals surface area contributed by atoms with E-state index in [2.05, 4.69) is 216 Å². The Bertz CT molecular complexity index is 3280. The van der Waals surface area contributed by atoms with Gasteiger partial charge in [-0.2, -0.15) is 0 Å². The van der Waals surface area contributed by atoms with Gasteiger partial charge in [-0.1, -0.05) is 130 Å². The first-order chi connectivity index (χ1) is 27.0. The fourth-order valence-electron chi connectivity index (χ4n) is 9.26. The van der Waals surface area contributed by atoms with Gasteiger partial charge in [0.2, 0.25) is 0 Å². The van der Waals surface area contributed by atoms with Crippen molar-refractivity contribution in [3.63, 3.8) is 0 Å². The number of fused-ring (bicyclic) bond motifs is 10. The lowest BCUT2D eigenvalue weighted by atomic mass is 9.84. The predicted octanol–water partition coefficient (Wildman–Crippen LogP) is 13.9. The first kappa shape index (κ1) is 31.7. The first-order valence-corrected chi connectivity index (χ1v) is 19.2. The lowest BCUT2D eigenvalue weighted by molar-refractivity contribution is 0.596. The molecule has 8 aromatic carbocycles. The van der Waals surface area contributed by atoms with E-state index in [1.165, 1.54) is 99.2 Å². The fourth-order valence-corrected chi connectivity index (χ4v) is 9.26. The molecule has 3 heteroatoms. The molecule has 0 bridgehead atoms. The molecular weight excluding hydrogens is 667 g/mol.